The zero-order valence-electron chi connectivity index (χ0n) is 10.8. The zero-order valence-corrected chi connectivity index (χ0v) is 10.8. The lowest BCUT2D eigenvalue weighted by Gasteiger charge is -2.38. The Balaban J connectivity index is 2.24. The largest absolute Gasteiger partial charge is 0.364 e. The fourth-order valence-electron chi connectivity index (χ4n) is 2.08. The van der Waals surface area contributed by atoms with Crippen molar-refractivity contribution in [3.8, 4) is 0 Å². The van der Waals surface area contributed by atoms with Crippen molar-refractivity contribution in [2.75, 3.05) is 19.6 Å². The lowest BCUT2D eigenvalue weighted by Crippen LogP contribution is -2.59. The molecular formula is C13H19N3O2. The maximum atomic E-state index is 12.4. The summed E-state index contributed by atoms with van der Waals surface area (Å²) in [7, 11) is 0. The topological polar surface area (TPSA) is 65.2 Å². The summed E-state index contributed by atoms with van der Waals surface area (Å²) in [5, 5.41) is 3.15. The highest BCUT2D eigenvalue weighted by Crippen LogP contribution is 2.10. The molecular weight excluding hydrogens is 230 g/mol. The van der Waals surface area contributed by atoms with Gasteiger partial charge in [-0.05, 0) is 13.3 Å². The number of H-pyrrole nitrogens is 1. The molecule has 1 fully saturated rings. The number of aromatic amines is 1. The van der Waals surface area contributed by atoms with E-state index in [9.17, 15) is 9.59 Å². The van der Waals surface area contributed by atoms with E-state index in [2.05, 4.69) is 10.3 Å². The Morgan fingerprint density at radius 2 is 2.22 bits per heavy atom. The van der Waals surface area contributed by atoms with E-state index in [0.717, 1.165) is 25.2 Å². The van der Waals surface area contributed by atoms with Gasteiger partial charge in [0.05, 0.1) is 6.04 Å². The standard InChI is InChI=1S/C13H19N3O2/c1-3-4-16(10-6-14-7-10)13(18)11-8-15-9(2)5-12(11)17/h5,8,10,14H,3-4,6-7H2,1-2H3,(H,15,17). The summed E-state index contributed by atoms with van der Waals surface area (Å²) in [6.45, 7) is 6.16. The highest BCUT2D eigenvalue weighted by Gasteiger charge is 2.29. The van der Waals surface area contributed by atoms with Crippen LogP contribution >= 0.6 is 0 Å². The van der Waals surface area contributed by atoms with Gasteiger partial charge >= 0.3 is 0 Å². The van der Waals surface area contributed by atoms with Crippen LogP contribution in [0.5, 0.6) is 0 Å². The van der Waals surface area contributed by atoms with Crippen molar-refractivity contribution < 1.29 is 4.79 Å². The second-order valence-electron chi connectivity index (χ2n) is 4.70. The van der Waals surface area contributed by atoms with Gasteiger partial charge < -0.3 is 15.2 Å². The number of carbonyl (C=O) groups is 1. The Hall–Kier alpha value is -1.62. The van der Waals surface area contributed by atoms with Crippen LogP contribution in [0.3, 0.4) is 0 Å². The molecule has 0 spiro atoms. The molecule has 0 aliphatic carbocycles. The van der Waals surface area contributed by atoms with Crippen molar-refractivity contribution in [3.05, 3.63) is 33.7 Å². The van der Waals surface area contributed by atoms with Crippen LogP contribution in [0.4, 0.5) is 0 Å². The molecule has 1 saturated heterocycles. The summed E-state index contributed by atoms with van der Waals surface area (Å²) in [4.78, 5) is 28.9. The number of nitrogens with one attached hydrogen (secondary N) is 2. The van der Waals surface area contributed by atoms with Crippen molar-refractivity contribution in [3.63, 3.8) is 0 Å². The molecule has 0 unspecified atom stereocenters. The van der Waals surface area contributed by atoms with Crippen molar-refractivity contribution in [1.82, 2.24) is 15.2 Å². The van der Waals surface area contributed by atoms with Crippen LogP contribution < -0.4 is 10.7 Å². The summed E-state index contributed by atoms with van der Waals surface area (Å²) in [6, 6.07) is 1.69. The highest BCUT2D eigenvalue weighted by molar-refractivity contribution is 5.94. The first-order chi connectivity index (χ1) is 8.63. The maximum Gasteiger partial charge on any atom is 0.259 e. The number of pyridine rings is 1. The van der Waals surface area contributed by atoms with Crippen LogP contribution in [0.2, 0.25) is 0 Å². The zero-order chi connectivity index (χ0) is 13.1. The number of hydrogen-bond acceptors (Lipinski definition) is 3. The molecule has 0 bridgehead atoms. The number of nitrogens with zero attached hydrogens (tertiary/aromatic N) is 1. The third kappa shape index (κ3) is 2.46. The predicted octanol–water partition coefficient (Wildman–Crippen LogP) is 0.507. The molecule has 0 aromatic carbocycles. The Labute approximate surface area is 106 Å². The number of amides is 1. The molecule has 1 amide bonds. The van der Waals surface area contributed by atoms with E-state index in [1.807, 2.05) is 6.92 Å². The normalized spacial score (nSPS) is 15.2. The number of rotatable bonds is 4. The van der Waals surface area contributed by atoms with E-state index in [0.29, 0.717) is 6.54 Å². The summed E-state index contributed by atoms with van der Waals surface area (Å²) in [5.74, 6) is -0.162. The molecule has 5 nitrogen and oxygen atoms in total. The van der Waals surface area contributed by atoms with Crippen LogP contribution in [0.15, 0.2) is 17.1 Å². The third-order valence-electron chi connectivity index (χ3n) is 3.21. The fourth-order valence-corrected chi connectivity index (χ4v) is 2.08. The Kier molecular flexibility index (Phi) is 3.81. The van der Waals surface area contributed by atoms with E-state index < -0.39 is 0 Å². The van der Waals surface area contributed by atoms with E-state index in [1.165, 1.54) is 12.3 Å². The van der Waals surface area contributed by atoms with Gasteiger partial charge in [-0.15, -0.1) is 0 Å². The molecule has 5 heteroatoms. The van der Waals surface area contributed by atoms with Gasteiger partial charge in [0.1, 0.15) is 5.56 Å². The molecule has 0 saturated carbocycles. The minimum atomic E-state index is -0.204. The minimum absolute atomic E-state index is 0.162. The maximum absolute atomic E-state index is 12.4. The number of aryl methyl sites for hydroxylation is 1. The quantitative estimate of drug-likeness (QED) is 0.817. The first kappa shape index (κ1) is 12.8. The minimum Gasteiger partial charge on any atom is -0.364 e. The van der Waals surface area contributed by atoms with Crippen molar-refractivity contribution >= 4 is 5.91 Å². The molecule has 1 aliphatic heterocycles. The molecule has 0 atom stereocenters. The van der Waals surface area contributed by atoms with E-state index in [1.54, 1.807) is 11.8 Å². The summed E-state index contributed by atoms with van der Waals surface area (Å²) < 4.78 is 0. The van der Waals surface area contributed by atoms with Crippen molar-refractivity contribution in [1.29, 1.82) is 0 Å². The van der Waals surface area contributed by atoms with E-state index >= 15 is 0 Å². The Morgan fingerprint density at radius 3 is 2.72 bits per heavy atom. The van der Waals surface area contributed by atoms with Crippen LogP contribution in [-0.2, 0) is 0 Å². The van der Waals surface area contributed by atoms with Gasteiger partial charge in [0, 0.05) is 37.6 Å². The van der Waals surface area contributed by atoms with Gasteiger partial charge in [0.25, 0.3) is 5.91 Å². The average molecular weight is 249 g/mol. The molecule has 2 N–H and O–H groups in total. The van der Waals surface area contributed by atoms with Crippen LogP contribution in [0, 0.1) is 6.92 Å². The molecule has 2 heterocycles. The van der Waals surface area contributed by atoms with Crippen LogP contribution in [0.25, 0.3) is 0 Å². The summed E-state index contributed by atoms with van der Waals surface area (Å²) in [6.07, 6.45) is 2.42. The monoisotopic (exact) mass is 249 g/mol. The van der Waals surface area contributed by atoms with E-state index in [4.69, 9.17) is 0 Å². The van der Waals surface area contributed by atoms with Crippen molar-refractivity contribution in [2.45, 2.75) is 26.3 Å². The molecule has 1 aliphatic rings. The van der Waals surface area contributed by atoms with Gasteiger partial charge in [-0.2, -0.15) is 0 Å². The highest BCUT2D eigenvalue weighted by atomic mass is 16.2. The number of carbonyl (C=O) groups excluding carboxylic acids is 1. The fraction of sp³-hybridized carbons (Fsp3) is 0.538. The molecule has 1 aromatic rings. The van der Waals surface area contributed by atoms with Gasteiger partial charge in [-0.3, -0.25) is 9.59 Å². The molecule has 98 valence electrons. The Bertz CT molecular complexity index is 491. The van der Waals surface area contributed by atoms with Crippen LogP contribution in [0.1, 0.15) is 29.4 Å². The lowest BCUT2D eigenvalue weighted by atomic mass is 10.1. The van der Waals surface area contributed by atoms with Gasteiger partial charge in [0.2, 0.25) is 0 Å². The lowest BCUT2D eigenvalue weighted by molar-refractivity contribution is 0.0614. The van der Waals surface area contributed by atoms with Crippen molar-refractivity contribution in [2.24, 2.45) is 0 Å². The summed E-state index contributed by atoms with van der Waals surface area (Å²) in [5.41, 5.74) is 0.800. The van der Waals surface area contributed by atoms with E-state index in [-0.39, 0.29) is 22.9 Å². The predicted molar refractivity (Wildman–Crippen MR) is 69.8 cm³/mol. The smallest absolute Gasteiger partial charge is 0.259 e. The number of aromatic nitrogens is 1. The SMILES string of the molecule is CCCN(C(=O)c1c[nH]c(C)cc1=O)C1CNC1. The number of hydrogen-bond donors (Lipinski definition) is 2. The van der Waals surface area contributed by atoms with Gasteiger partial charge in [0.15, 0.2) is 5.43 Å². The summed E-state index contributed by atoms with van der Waals surface area (Å²) >= 11 is 0. The van der Waals surface area contributed by atoms with Gasteiger partial charge in [-0.1, -0.05) is 6.92 Å². The third-order valence-corrected chi connectivity index (χ3v) is 3.21. The molecule has 0 radical (unpaired) electrons. The molecule has 1 aromatic heterocycles. The van der Waals surface area contributed by atoms with Gasteiger partial charge in [-0.25, -0.2) is 0 Å². The second-order valence-corrected chi connectivity index (χ2v) is 4.70. The van der Waals surface area contributed by atoms with Crippen LogP contribution in [-0.4, -0.2) is 41.5 Å². The Morgan fingerprint density at radius 1 is 1.50 bits per heavy atom. The first-order valence-electron chi connectivity index (χ1n) is 6.34. The molecule has 18 heavy (non-hydrogen) atoms. The molecule has 2 rings (SSSR count). The average Bonchev–Trinajstić information content (AvgIpc) is 2.25. The second kappa shape index (κ2) is 5.35. The first-order valence-corrected chi connectivity index (χ1v) is 6.34.